The molecule has 0 atom stereocenters. The van der Waals surface area contributed by atoms with E-state index in [1.165, 1.54) is 17.4 Å². The molecule has 8 heteroatoms. The summed E-state index contributed by atoms with van der Waals surface area (Å²) < 4.78 is 0. The number of nitrogens with zero attached hydrogens (tertiary/aromatic N) is 2. The largest absolute Gasteiger partial charge is 0.343 e. The second-order valence-corrected chi connectivity index (χ2v) is 5.49. The first-order chi connectivity index (χ1) is 9.54. The van der Waals surface area contributed by atoms with E-state index in [1.807, 2.05) is 0 Å². The van der Waals surface area contributed by atoms with Crippen LogP contribution >= 0.6 is 22.9 Å². The standard InChI is InChI=1S/C12H11ClN4O2S/c1-7-16-17-12(20-7)15-10(18)6-14-11(19)8-3-2-4-9(13)5-8/h2-5H,6H2,1H3,(H,14,19)(H,15,17,18). The number of anilines is 1. The Balaban J connectivity index is 1.85. The fraction of sp³-hybridized carbons (Fsp3) is 0.167. The van der Waals surface area contributed by atoms with E-state index in [9.17, 15) is 9.59 Å². The first-order valence-electron chi connectivity index (χ1n) is 5.68. The third kappa shape index (κ3) is 4.01. The molecule has 0 unspecified atom stereocenters. The van der Waals surface area contributed by atoms with Crippen molar-refractivity contribution in [1.29, 1.82) is 0 Å². The maximum Gasteiger partial charge on any atom is 0.251 e. The number of carbonyl (C=O) groups excluding carboxylic acids is 2. The quantitative estimate of drug-likeness (QED) is 0.903. The fourth-order valence-electron chi connectivity index (χ4n) is 1.40. The van der Waals surface area contributed by atoms with Gasteiger partial charge < -0.3 is 5.32 Å². The van der Waals surface area contributed by atoms with Crippen LogP contribution in [-0.2, 0) is 4.79 Å². The average Bonchev–Trinajstić information content (AvgIpc) is 2.81. The molecule has 0 radical (unpaired) electrons. The van der Waals surface area contributed by atoms with Crippen molar-refractivity contribution in [3.63, 3.8) is 0 Å². The number of hydrogen-bond donors (Lipinski definition) is 2. The van der Waals surface area contributed by atoms with E-state index in [0.29, 0.717) is 15.7 Å². The smallest absolute Gasteiger partial charge is 0.251 e. The molecule has 6 nitrogen and oxygen atoms in total. The van der Waals surface area contributed by atoms with Crippen LogP contribution in [0.4, 0.5) is 5.13 Å². The van der Waals surface area contributed by atoms with Crippen LogP contribution in [0.1, 0.15) is 15.4 Å². The minimum Gasteiger partial charge on any atom is -0.343 e. The Morgan fingerprint density at radius 1 is 1.35 bits per heavy atom. The van der Waals surface area contributed by atoms with Gasteiger partial charge in [0, 0.05) is 10.6 Å². The highest BCUT2D eigenvalue weighted by Crippen LogP contribution is 2.13. The van der Waals surface area contributed by atoms with Gasteiger partial charge in [-0.15, -0.1) is 10.2 Å². The van der Waals surface area contributed by atoms with Gasteiger partial charge in [-0.3, -0.25) is 14.9 Å². The normalized spacial score (nSPS) is 10.1. The lowest BCUT2D eigenvalue weighted by molar-refractivity contribution is -0.115. The third-order valence-electron chi connectivity index (χ3n) is 2.27. The molecule has 1 aromatic carbocycles. The van der Waals surface area contributed by atoms with Crippen LogP contribution in [0.25, 0.3) is 0 Å². The summed E-state index contributed by atoms with van der Waals surface area (Å²) in [6.07, 6.45) is 0. The van der Waals surface area contributed by atoms with E-state index < -0.39 is 0 Å². The number of rotatable bonds is 4. The van der Waals surface area contributed by atoms with Gasteiger partial charge >= 0.3 is 0 Å². The summed E-state index contributed by atoms with van der Waals surface area (Å²) in [5.74, 6) is -0.729. The van der Waals surface area contributed by atoms with Gasteiger partial charge in [-0.2, -0.15) is 0 Å². The van der Waals surface area contributed by atoms with Crippen LogP contribution in [0.3, 0.4) is 0 Å². The molecule has 2 amide bonds. The molecule has 0 aliphatic rings. The Bertz CT molecular complexity index is 644. The first kappa shape index (κ1) is 14.4. The van der Waals surface area contributed by atoms with Crippen LogP contribution in [0, 0.1) is 6.92 Å². The molecule has 0 saturated carbocycles. The van der Waals surface area contributed by atoms with Gasteiger partial charge in [0.1, 0.15) is 5.01 Å². The highest BCUT2D eigenvalue weighted by molar-refractivity contribution is 7.15. The van der Waals surface area contributed by atoms with Crippen molar-refractivity contribution in [2.24, 2.45) is 0 Å². The second-order valence-electron chi connectivity index (χ2n) is 3.87. The molecule has 2 aromatic rings. The summed E-state index contributed by atoms with van der Waals surface area (Å²) in [5.41, 5.74) is 0.400. The predicted octanol–water partition coefficient (Wildman–Crippen LogP) is 1.87. The molecule has 1 heterocycles. The molecule has 0 saturated heterocycles. The molecule has 1 aromatic heterocycles. The van der Waals surface area contributed by atoms with Crippen molar-refractivity contribution in [3.05, 3.63) is 39.9 Å². The number of halogens is 1. The van der Waals surface area contributed by atoms with Crippen molar-refractivity contribution in [3.8, 4) is 0 Å². The summed E-state index contributed by atoms with van der Waals surface area (Å²) in [6.45, 7) is 1.64. The van der Waals surface area contributed by atoms with Gasteiger partial charge in [-0.1, -0.05) is 29.0 Å². The van der Waals surface area contributed by atoms with Crippen LogP contribution in [0.5, 0.6) is 0 Å². The van der Waals surface area contributed by atoms with Crippen molar-refractivity contribution in [1.82, 2.24) is 15.5 Å². The van der Waals surface area contributed by atoms with E-state index in [0.717, 1.165) is 5.01 Å². The number of carbonyl (C=O) groups is 2. The zero-order chi connectivity index (χ0) is 14.5. The van der Waals surface area contributed by atoms with E-state index in [4.69, 9.17) is 11.6 Å². The number of aromatic nitrogens is 2. The maximum absolute atomic E-state index is 11.8. The third-order valence-corrected chi connectivity index (χ3v) is 3.26. The van der Waals surface area contributed by atoms with Gasteiger partial charge in [0.05, 0.1) is 6.54 Å². The minimum absolute atomic E-state index is 0.149. The van der Waals surface area contributed by atoms with Crippen molar-refractivity contribution >= 4 is 39.9 Å². The lowest BCUT2D eigenvalue weighted by Gasteiger charge is -2.05. The Morgan fingerprint density at radius 3 is 2.80 bits per heavy atom. The molecule has 0 fully saturated rings. The number of aryl methyl sites for hydroxylation is 1. The Kier molecular flexibility index (Phi) is 4.65. The number of amides is 2. The zero-order valence-electron chi connectivity index (χ0n) is 10.5. The van der Waals surface area contributed by atoms with Crippen LogP contribution in [0.15, 0.2) is 24.3 Å². The predicted molar refractivity (Wildman–Crippen MR) is 77.1 cm³/mol. The molecule has 0 bridgehead atoms. The highest BCUT2D eigenvalue weighted by Gasteiger charge is 2.10. The maximum atomic E-state index is 11.8. The summed E-state index contributed by atoms with van der Waals surface area (Å²) in [6, 6.07) is 6.49. The summed E-state index contributed by atoms with van der Waals surface area (Å²) in [5, 5.41) is 14.2. The van der Waals surface area contributed by atoms with Crippen LogP contribution in [0.2, 0.25) is 5.02 Å². The van der Waals surface area contributed by atoms with Crippen molar-refractivity contribution in [2.45, 2.75) is 6.92 Å². The Morgan fingerprint density at radius 2 is 2.15 bits per heavy atom. The molecule has 2 N–H and O–H groups in total. The van der Waals surface area contributed by atoms with Crippen LogP contribution in [-0.4, -0.2) is 28.6 Å². The van der Waals surface area contributed by atoms with Gasteiger partial charge in [0.25, 0.3) is 5.91 Å². The van der Waals surface area contributed by atoms with E-state index in [2.05, 4.69) is 20.8 Å². The summed E-state index contributed by atoms with van der Waals surface area (Å²) >= 11 is 7.05. The van der Waals surface area contributed by atoms with Gasteiger partial charge in [0.15, 0.2) is 0 Å². The van der Waals surface area contributed by atoms with Crippen molar-refractivity contribution in [2.75, 3.05) is 11.9 Å². The minimum atomic E-state index is -0.365. The number of benzene rings is 1. The summed E-state index contributed by atoms with van der Waals surface area (Å²) in [7, 11) is 0. The van der Waals surface area contributed by atoms with E-state index >= 15 is 0 Å². The highest BCUT2D eigenvalue weighted by atomic mass is 35.5. The monoisotopic (exact) mass is 310 g/mol. The first-order valence-corrected chi connectivity index (χ1v) is 6.88. The SMILES string of the molecule is Cc1nnc(NC(=O)CNC(=O)c2cccc(Cl)c2)s1. The number of hydrogen-bond acceptors (Lipinski definition) is 5. The van der Waals surface area contributed by atoms with Gasteiger partial charge in [-0.05, 0) is 25.1 Å². The van der Waals surface area contributed by atoms with E-state index in [1.54, 1.807) is 25.1 Å². The molecule has 20 heavy (non-hydrogen) atoms. The van der Waals surface area contributed by atoms with Crippen LogP contribution < -0.4 is 10.6 Å². The molecule has 0 spiro atoms. The number of nitrogens with one attached hydrogen (secondary N) is 2. The van der Waals surface area contributed by atoms with Gasteiger partial charge in [0.2, 0.25) is 11.0 Å². The fourth-order valence-corrected chi connectivity index (χ4v) is 2.20. The Labute approximate surface area is 124 Å². The summed E-state index contributed by atoms with van der Waals surface area (Å²) in [4.78, 5) is 23.4. The van der Waals surface area contributed by atoms with E-state index in [-0.39, 0.29) is 18.4 Å². The molecule has 104 valence electrons. The lowest BCUT2D eigenvalue weighted by atomic mass is 10.2. The zero-order valence-corrected chi connectivity index (χ0v) is 12.1. The topological polar surface area (TPSA) is 84.0 Å². The van der Waals surface area contributed by atoms with Gasteiger partial charge in [-0.25, -0.2) is 0 Å². The molecular formula is C12H11ClN4O2S. The molecule has 2 rings (SSSR count). The lowest BCUT2D eigenvalue weighted by Crippen LogP contribution is -2.32. The average molecular weight is 311 g/mol. The molecule has 0 aliphatic carbocycles. The molecular weight excluding hydrogens is 300 g/mol. The Hall–Kier alpha value is -1.99. The van der Waals surface area contributed by atoms with Crippen molar-refractivity contribution < 1.29 is 9.59 Å². The molecule has 0 aliphatic heterocycles. The second kappa shape index (κ2) is 6.44.